The molecule has 1 N–H and O–H groups in total. The van der Waals surface area contributed by atoms with Gasteiger partial charge in [0, 0.05) is 17.7 Å². The fourth-order valence-corrected chi connectivity index (χ4v) is 2.62. The van der Waals surface area contributed by atoms with Crippen LogP contribution in [-0.4, -0.2) is 46.3 Å². The van der Waals surface area contributed by atoms with Gasteiger partial charge in [-0.05, 0) is 50.3 Å². The lowest BCUT2D eigenvalue weighted by atomic mass is 10.1. The van der Waals surface area contributed by atoms with Crippen LogP contribution in [0.1, 0.15) is 24.2 Å². The first kappa shape index (κ1) is 14.9. The number of aromatic nitrogens is 2. The minimum atomic E-state index is 0.0112. The number of benzene rings is 1. The fourth-order valence-electron chi connectivity index (χ4n) is 2.49. The number of aromatic amines is 1. The highest BCUT2D eigenvalue weighted by Crippen LogP contribution is 2.20. The molecule has 1 saturated heterocycles. The second-order valence-corrected chi connectivity index (χ2v) is 5.68. The monoisotopic (exact) mass is 319 g/mol. The number of amides is 1. The summed E-state index contributed by atoms with van der Waals surface area (Å²) in [4.78, 5) is 14.7. The van der Waals surface area contributed by atoms with E-state index in [4.69, 9.17) is 21.4 Å². The third kappa shape index (κ3) is 2.82. The molecule has 0 aliphatic carbocycles. The molecule has 1 aromatic heterocycles. The van der Waals surface area contributed by atoms with Crippen molar-refractivity contribution in [2.24, 2.45) is 0 Å². The molecule has 22 heavy (non-hydrogen) atoms. The maximum absolute atomic E-state index is 12.6. The lowest BCUT2D eigenvalue weighted by Gasteiger charge is -2.37. The standard InChI is InChI=1S/C15H17N3O3S/c1-9-10(2)20-8-7-18(9)14(19)12-5-3-11(4-6-12)13-16-17-15(22)21-13/h3-6,9-10H,7-8H2,1-2H3,(H,17,22). The van der Waals surface area contributed by atoms with Gasteiger partial charge in [-0.3, -0.25) is 4.79 Å². The molecule has 116 valence electrons. The first-order valence-electron chi connectivity index (χ1n) is 7.15. The van der Waals surface area contributed by atoms with E-state index in [9.17, 15) is 4.79 Å². The Morgan fingerprint density at radius 3 is 2.73 bits per heavy atom. The van der Waals surface area contributed by atoms with E-state index in [1.165, 1.54) is 0 Å². The summed E-state index contributed by atoms with van der Waals surface area (Å²) in [6, 6.07) is 7.21. The Balaban J connectivity index is 1.80. The topological polar surface area (TPSA) is 71.4 Å². The van der Waals surface area contributed by atoms with Crippen molar-refractivity contribution in [3.05, 3.63) is 34.7 Å². The number of ether oxygens (including phenoxy) is 1. The van der Waals surface area contributed by atoms with Crippen LogP contribution >= 0.6 is 12.2 Å². The summed E-state index contributed by atoms with van der Waals surface area (Å²) in [5.41, 5.74) is 1.41. The van der Waals surface area contributed by atoms with Crippen molar-refractivity contribution < 1.29 is 13.9 Å². The molecule has 1 amide bonds. The molecule has 2 unspecified atom stereocenters. The highest BCUT2D eigenvalue weighted by molar-refractivity contribution is 7.71. The summed E-state index contributed by atoms with van der Waals surface area (Å²) < 4.78 is 10.8. The summed E-state index contributed by atoms with van der Waals surface area (Å²) in [6.07, 6.45) is 0.0466. The Bertz CT molecular complexity index is 722. The molecule has 1 aromatic carbocycles. The highest BCUT2D eigenvalue weighted by Gasteiger charge is 2.29. The first-order chi connectivity index (χ1) is 10.6. The molecule has 1 aliphatic rings. The van der Waals surface area contributed by atoms with Crippen molar-refractivity contribution in [2.45, 2.75) is 26.0 Å². The number of hydrogen-bond acceptors (Lipinski definition) is 5. The Morgan fingerprint density at radius 1 is 1.36 bits per heavy atom. The Hall–Kier alpha value is -1.99. The van der Waals surface area contributed by atoms with Gasteiger partial charge in [-0.1, -0.05) is 0 Å². The van der Waals surface area contributed by atoms with Gasteiger partial charge in [0.2, 0.25) is 5.89 Å². The quantitative estimate of drug-likeness (QED) is 0.862. The van der Waals surface area contributed by atoms with E-state index >= 15 is 0 Å². The molecule has 2 atom stereocenters. The van der Waals surface area contributed by atoms with Crippen LogP contribution in [0.3, 0.4) is 0 Å². The Kier molecular flexibility index (Phi) is 4.08. The third-order valence-electron chi connectivity index (χ3n) is 3.96. The van der Waals surface area contributed by atoms with E-state index in [0.717, 1.165) is 5.56 Å². The normalized spacial score (nSPS) is 21.8. The average molecular weight is 319 g/mol. The van der Waals surface area contributed by atoms with Crippen LogP contribution in [-0.2, 0) is 4.74 Å². The summed E-state index contributed by atoms with van der Waals surface area (Å²) in [6.45, 7) is 5.17. The van der Waals surface area contributed by atoms with Crippen LogP contribution in [0.5, 0.6) is 0 Å². The highest BCUT2D eigenvalue weighted by atomic mass is 32.1. The van der Waals surface area contributed by atoms with Gasteiger partial charge in [-0.25, -0.2) is 5.10 Å². The van der Waals surface area contributed by atoms with Crippen molar-refractivity contribution >= 4 is 18.1 Å². The molecule has 0 bridgehead atoms. The molecular formula is C15H17N3O3S. The van der Waals surface area contributed by atoms with E-state index in [1.807, 2.05) is 18.7 Å². The number of nitrogens with one attached hydrogen (secondary N) is 1. The first-order valence-corrected chi connectivity index (χ1v) is 7.55. The zero-order valence-corrected chi connectivity index (χ0v) is 13.2. The van der Waals surface area contributed by atoms with Crippen LogP contribution in [0.25, 0.3) is 11.5 Å². The predicted octanol–water partition coefficient (Wildman–Crippen LogP) is 2.65. The van der Waals surface area contributed by atoms with Gasteiger partial charge in [0.1, 0.15) is 0 Å². The van der Waals surface area contributed by atoms with E-state index in [2.05, 4.69) is 10.2 Å². The molecule has 6 nitrogen and oxygen atoms in total. The summed E-state index contributed by atoms with van der Waals surface area (Å²) in [5, 5.41) is 6.54. The molecule has 7 heteroatoms. The zero-order chi connectivity index (χ0) is 15.7. The minimum absolute atomic E-state index is 0.0112. The molecule has 0 saturated carbocycles. The van der Waals surface area contributed by atoms with E-state index in [-0.39, 0.29) is 22.9 Å². The Morgan fingerprint density at radius 2 is 2.09 bits per heavy atom. The van der Waals surface area contributed by atoms with Crippen LogP contribution < -0.4 is 0 Å². The van der Waals surface area contributed by atoms with Gasteiger partial charge in [-0.2, -0.15) is 0 Å². The van der Waals surface area contributed by atoms with Crippen LogP contribution in [0.15, 0.2) is 28.7 Å². The molecule has 3 rings (SSSR count). The van der Waals surface area contributed by atoms with Gasteiger partial charge >= 0.3 is 0 Å². The number of nitrogens with zero attached hydrogens (tertiary/aromatic N) is 2. The minimum Gasteiger partial charge on any atom is -0.409 e. The largest absolute Gasteiger partial charge is 0.409 e. The predicted molar refractivity (Wildman–Crippen MR) is 83.0 cm³/mol. The van der Waals surface area contributed by atoms with E-state index in [0.29, 0.717) is 24.6 Å². The van der Waals surface area contributed by atoms with Crippen molar-refractivity contribution in [2.75, 3.05) is 13.2 Å². The van der Waals surface area contributed by atoms with Crippen LogP contribution in [0, 0.1) is 4.84 Å². The van der Waals surface area contributed by atoms with Gasteiger partial charge in [0.05, 0.1) is 18.8 Å². The summed E-state index contributed by atoms with van der Waals surface area (Å²) >= 11 is 4.85. The molecule has 0 spiro atoms. The third-order valence-corrected chi connectivity index (χ3v) is 4.14. The molecule has 2 heterocycles. The molecule has 1 aliphatic heterocycles. The lowest BCUT2D eigenvalue weighted by molar-refractivity contribution is -0.0440. The smallest absolute Gasteiger partial charge is 0.284 e. The summed E-state index contributed by atoms with van der Waals surface area (Å²) in [7, 11) is 0. The SMILES string of the molecule is CC1OCCN(C(=O)c2ccc(-c3n[nH]c(=S)o3)cc2)C1C. The van der Waals surface area contributed by atoms with Crippen LogP contribution in [0.4, 0.5) is 0 Å². The van der Waals surface area contributed by atoms with Crippen molar-refractivity contribution in [1.82, 2.24) is 15.1 Å². The number of H-pyrrole nitrogens is 1. The number of carbonyl (C=O) groups excluding carboxylic acids is 1. The van der Waals surface area contributed by atoms with Crippen molar-refractivity contribution in [3.8, 4) is 11.5 Å². The van der Waals surface area contributed by atoms with Crippen molar-refractivity contribution in [3.63, 3.8) is 0 Å². The molecule has 0 radical (unpaired) electrons. The number of rotatable bonds is 2. The van der Waals surface area contributed by atoms with Gasteiger partial charge in [0.25, 0.3) is 10.7 Å². The Labute approximate surface area is 133 Å². The van der Waals surface area contributed by atoms with Gasteiger partial charge < -0.3 is 14.1 Å². The fraction of sp³-hybridized carbons (Fsp3) is 0.400. The summed E-state index contributed by atoms with van der Waals surface area (Å²) in [5.74, 6) is 0.425. The second-order valence-electron chi connectivity index (χ2n) is 5.31. The number of morpholine rings is 1. The molecule has 2 aromatic rings. The maximum atomic E-state index is 12.6. The van der Waals surface area contributed by atoms with E-state index < -0.39 is 0 Å². The second kappa shape index (κ2) is 6.02. The van der Waals surface area contributed by atoms with Gasteiger partial charge in [-0.15, -0.1) is 5.10 Å². The maximum Gasteiger partial charge on any atom is 0.284 e. The van der Waals surface area contributed by atoms with Gasteiger partial charge in [0.15, 0.2) is 0 Å². The van der Waals surface area contributed by atoms with Crippen LogP contribution in [0.2, 0.25) is 0 Å². The van der Waals surface area contributed by atoms with Crippen molar-refractivity contribution in [1.29, 1.82) is 0 Å². The number of hydrogen-bond donors (Lipinski definition) is 1. The van der Waals surface area contributed by atoms with E-state index in [1.54, 1.807) is 24.3 Å². The molecular weight excluding hydrogens is 302 g/mol. The lowest BCUT2D eigenvalue weighted by Crippen LogP contribution is -2.51. The average Bonchev–Trinajstić information content (AvgIpc) is 2.96. The number of carbonyl (C=O) groups is 1. The zero-order valence-electron chi connectivity index (χ0n) is 12.4. The molecule has 1 fully saturated rings.